The average molecular weight is 288 g/mol. The number of rotatable bonds is 5. The van der Waals surface area contributed by atoms with Crippen LogP contribution < -0.4 is 9.47 Å². The Morgan fingerprint density at radius 2 is 1.86 bits per heavy atom. The third-order valence-corrected chi connectivity index (χ3v) is 3.36. The number of benzene rings is 2. The second-order valence-corrected chi connectivity index (χ2v) is 4.74. The van der Waals surface area contributed by atoms with Crippen molar-refractivity contribution in [3.8, 4) is 11.5 Å². The topological polar surface area (TPSA) is 35.5 Å². The molecule has 21 heavy (non-hydrogen) atoms. The fraction of sp³-hybridized carbons (Fsp3) is 0.235. The van der Waals surface area contributed by atoms with Gasteiger partial charge in [-0.3, -0.25) is 4.79 Å². The maximum absolute atomic E-state index is 13.1. The molecule has 2 aromatic carbocycles. The Morgan fingerprint density at radius 1 is 1.10 bits per heavy atom. The molecule has 2 aromatic rings. The van der Waals surface area contributed by atoms with E-state index in [9.17, 15) is 9.18 Å². The standard InChI is InChI=1S/C17H17FO3/c1-11-8-13(18)5-4-12(11)9-16(19)15-10-14(20-2)6-7-17(15)21-3/h4-8,10H,9H2,1-3H3. The van der Waals surface area contributed by atoms with Gasteiger partial charge in [-0.1, -0.05) is 6.07 Å². The number of Topliss-reactive ketones (excluding diaryl/α,β-unsaturated/α-hetero) is 1. The van der Waals surface area contributed by atoms with Crippen LogP contribution in [0.25, 0.3) is 0 Å². The van der Waals surface area contributed by atoms with Crippen LogP contribution in [0.1, 0.15) is 21.5 Å². The van der Waals surface area contributed by atoms with Crippen molar-refractivity contribution in [2.45, 2.75) is 13.3 Å². The normalized spacial score (nSPS) is 10.3. The largest absolute Gasteiger partial charge is 0.497 e. The first-order valence-electron chi connectivity index (χ1n) is 6.55. The molecule has 0 aromatic heterocycles. The number of aryl methyl sites for hydroxylation is 1. The summed E-state index contributed by atoms with van der Waals surface area (Å²) in [7, 11) is 3.06. The molecule has 0 N–H and O–H groups in total. The molecular weight excluding hydrogens is 271 g/mol. The van der Waals surface area contributed by atoms with Gasteiger partial charge in [0.05, 0.1) is 19.8 Å². The molecule has 0 heterocycles. The molecule has 110 valence electrons. The van der Waals surface area contributed by atoms with E-state index < -0.39 is 0 Å². The van der Waals surface area contributed by atoms with Gasteiger partial charge in [0.2, 0.25) is 0 Å². The third kappa shape index (κ3) is 3.40. The number of ketones is 1. The van der Waals surface area contributed by atoms with Crippen molar-refractivity contribution in [1.82, 2.24) is 0 Å². The lowest BCUT2D eigenvalue weighted by molar-refractivity contribution is 0.0989. The Bertz CT molecular complexity index is 665. The predicted octanol–water partition coefficient (Wildman–Crippen LogP) is 3.58. The first kappa shape index (κ1) is 15.0. The van der Waals surface area contributed by atoms with E-state index in [0.29, 0.717) is 17.1 Å². The van der Waals surface area contributed by atoms with Crippen molar-refractivity contribution in [2.24, 2.45) is 0 Å². The summed E-state index contributed by atoms with van der Waals surface area (Å²) in [5, 5.41) is 0. The summed E-state index contributed by atoms with van der Waals surface area (Å²) in [4.78, 5) is 12.5. The minimum atomic E-state index is -0.303. The first-order valence-corrected chi connectivity index (χ1v) is 6.55. The highest BCUT2D eigenvalue weighted by Crippen LogP contribution is 2.26. The van der Waals surface area contributed by atoms with Crippen molar-refractivity contribution >= 4 is 5.78 Å². The zero-order valence-corrected chi connectivity index (χ0v) is 12.3. The Hall–Kier alpha value is -2.36. The van der Waals surface area contributed by atoms with Gasteiger partial charge in [0, 0.05) is 6.42 Å². The van der Waals surface area contributed by atoms with E-state index >= 15 is 0 Å². The van der Waals surface area contributed by atoms with Crippen molar-refractivity contribution in [1.29, 1.82) is 0 Å². The molecule has 0 aliphatic rings. The molecule has 0 fully saturated rings. The van der Waals surface area contributed by atoms with E-state index in [2.05, 4.69) is 0 Å². The maximum atomic E-state index is 13.1. The minimum absolute atomic E-state index is 0.0968. The van der Waals surface area contributed by atoms with Gasteiger partial charge < -0.3 is 9.47 Å². The Labute approximate surface area is 123 Å². The van der Waals surface area contributed by atoms with Gasteiger partial charge in [-0.2, -0.15) is 0 Å². The first-order chi connectivity index (χ1) is 10.0. The molecule has 0 unspecified atom stereocenters. The summed E-state index contributed by atoms with van der Waals surface area (Å²) in [6, 6.07) is 9.50. The number of hydrogen-bond acceptors (Lipinski definition) is 3. The van der Waals surface area contributed by atoms with Gasteiger partial charge in [0.25, 0.3) is 0 Å². The summed E-state index contributed by atoms with van der Waals surface area (Å²) in [5.41, 5.74) is 2.01. The number of carbonyl (C=O) groups is 1. The lowest BCUT2D eigenvalue weighted by atomic mass is 9.98. The Kier molecular flexibility index (Phi) is 4.58. The third-order valence-electron chi connectivity index (χ3n) is 3.36. The van der Waals surface area contributed by atoms with Crippen LogP contribution in [0.4, 0.5) is 4.39 Å². The average Bonchev–Trinajstić information content (AvgIpc) is 2.49. The molecule has 0 atom stereocenters. The van der Waals surface area contributed by atoms with E-state index in [1.807, 2.05) is 0 Å². The molecule has 0 aliphatic heterocycles. The molecule has 0 bridgehead atoms. The van der Waals surface area contributed by atoms with E-state index in [1.165, 1.54) is 19.2 Å². The number of carbonyl (C=O) groups excluding carboxylic acids is 1. The van der Waals surface area contributed by atoms with Crippen LogP contribution in [-0.2, 0) is 6.42 Å². The summed E-state index contributed by atoms with van der Waals surface area (Å²) in [6.45, 7) is 1.79. The molecule has 3 nitrogen and oxygen atoms in total. The number of halogens is 1. The highest BCUT2D eigenvalue weighted by molar-refractivity contribution is 6.00. The summed E-state index contributed by atoms with van der Waals surface area (Å²) < 4.78 is 23.5. The summed E-state index contributed by atoms with van der Waals surface area (Å²) >= 11 is 0. The van der Waals surface area contributed by atoms with Crippen LogP contribution in [0.2, 0.25) is 0 Å². The van der Waals surface area contributed by atoms with Crippen LogP contribution in [0.5, 0.6) is 11.5 Å². The summed E-state index contributed by atoms with van der Waals surface area (Å²) in [5.74, 6) is 0.693. The van der Waals surface area contributed by atoms with Crippen LogP contribution in [0.15, 0.2) is 36.4 Å². The van der Waals surface area contributed by atoms with Crippen molar-refractivity contribution in [3.05, 3.63) is 58.9 Å². The van der Waals surface area contributed by atoms with Gasteiger partial charge in [-0.25, -0.2) is 4.39 Å². The smallest absolute Gasteiger partial charge is 0.171 e. The van der Waals surface area contributed by atoms with E-state index in [1.54, 1.807) is 38.3 Å². The molecule has 2 rings (SSSR count). The van der Waals surface area contributed by atoms with Crippen molar-refractivity contribution in [3.63, 3.8) is 0 Å². The molecule has 0 saturated heterocycles. The molecule has 0 amide bonds. The van der Waals surface area contributed by atoms with Crippen LogP contribution in [0, 0.1) is 12.7 Å². The second kappa shape index (κ2) is 6.39. The van der Waals surface area contributed by atoms with Gasteiger partial charge in [-0.05, 0) is 48.4 Å². The zero-order valence-electron chi connectivity index (χ0n) is 12.3. The second-order valence-electron chi connectivity index (χ2n) is 4.74. The summed E-state index contributed by atoms with van der Waals surface area (Å²) in [6.07, 6.45) is 0.190. The maximum Gasteiger partial charge on any atom is 0.171 e. The Balaban J connectivity index is 2.31. The monoisotopic (exact) mass is 288 g/mol. The molecule has 0 aliphatic carbocycles. The van der Waals surface area contributed by atoms with Crippen LogP contribution in [-0.4, -0.2) is 20.0 Å². The lowest BCUT2D eigenvalue weighted by Gasteiger charge is -2.10. The van der Waals surface area contributed by atoms with Crippen LogP contribution >= 0.6 is 0 Å². The van der Waals surface area contributed by atoms with Gasteiger partial charge in [-0.15, -0.1) is 0 Å². The molecule has 0 radical (unpaired) electrons. The van der Waals surface area contributed by atoms with E-state index in [0.717, 1.165) is 11.1 Å². The molecule has 4 heteroatoms. The fourth-order valence-electron chi connectivity index (χ4n) is 2.16. The van der Waals surface area contributed by atoms with Crippen LogP contribution in [0.3, 0.4) is 0 Å². The molecular formula is C17H17FO3. The predicted molar refractivity (Wildman–Crippen MR) is 78.7 cm³/mol. The van der Waals surface area contributed by atoms with Gasteiger partial charge in [0.1, 0.15) is 17.3 Å². The number of hydrogen-bond donors (Lipinski definition) is 0. The highest BCUT2D eigenvalue weighted by atomic mass is 19.1. The van der Waals surface area contributed by atoms with Crippen molar-refractivity contribution < 1.29 is 18.7 Å². The quantitative estimate of drug-likeness (QED) is 0.789. The van der Waals surface area contributed by atoms with Gasteiger partial charge >= 0.3 is 0 Å². The number of methoxy groups -OCH3 is 2. The molecule has 0 spiro atoms. The zero-order chi connectivity index (χ0) is 15.4. The van der Waals surface area contributed by atoms with E-state index in [-0.39, 0.29) is 18.0 Å². The van der Waals surface area contributed by atoms with Crippen molar-refractivity contribution in [2.75, 3.05) is 14.2 Å². The van der Waals surface area contributed by atoms with Gasteiger partial charge in [0.15, 0.2) is 5.78 Å². The lowest BCUT2D eigenvalue weighted by Crippen LogP contribution is -2.07. The Morgan fingerprint density at radius 3 is 2.48 bits per heavy atom. The fourth-order valence-corrected chi connectivity index (χ4v) is 2.16. The number of ether oxygens (including phenoxy) is 2. The minimum Gasteiger partial charge on any atom is -0.497 e. The molecule has 0 saturated carbocycles. The highest BCUT2D eigenvalue weighted by Gasteiger charge is 2.15. The SMILES string of the molecule is COc1ccc(OC)c(C(=O)Cc2ccc(F)cc2C)c1. The van der Waals surface area contributed by atoms with E-state index in [4.69, 9.17) is 9.47 Å².